The molecule has 0 aliphatic heterocycles. The van der Waals surface area contributed by atoms with Crippen molar-refractivity contribution < 1.29 is 4.74 Å². The number of hydrogen-bond donors (Lipinski definition) is 1. The van der Waals surface area contributed by atoms with E-state index < -0.39 is 0 Å². The molecule has 0 spiro atoms. The van der Waals surface area contributed by atoms with E-state index in [0.717, 1.165) is 25.4 Å². The van der Waals surface area contributed by atoms with Crippen molar-refractivity contribution in [2.45, 2.75) is 20.0 Å². The van der Waals surface area contributed by atoms with Crippen LogP contribution in [0.25, 0.3) is 0 Å². The van der Waals surface area contributed by atoms with E-state index in [1.165, 1.54) is 11.1 Å². The maximum absolute atomic E-state index is 5.31. The quantitative estimate of drug-likeness (QED) is 0.791. The lowest BCUT2D eigenvalue weighted by atomic mass is 10.2. The van der Waals surface area contributed by atoms with Crippen molar-refractivity contribution in [3.8, 4) is 5.75 Å². The van der Waals surface area contributed by atoms with Gasteiger partial charge in [-0.1, -0.05) is 18.2 Å². The topological polar surface area (TPSA) is 39.1 Å². The molecule has 4 heteroatoms. The van der Waals surface area contributed by atoms with Crippen molar-refractivity contribution in [1.29, 1.82) is 0 Å². The molecule has 0 bridgehead atoms. The smallest absolute Gasteiger partial charge is 0.123 e. The Morgan fingerprint density at radius 3 is 2.89 bits per heavy atom. The number of benzene rings is 1. The van der Waals surface area contributed by atoms with Crippen LogP contribution >= 0.6 is 0 Å². The molecule has 4 nitrogen and oxygen atoms in total. The second kappa shape index (κ2) is 6.21. The lowest BCUT2D eigenvalue weighted by Crippen LogP contribution is -2.20. The molecule has 2 aromatic rings. The molecule has 0 fully saturated rings. The number of aromatic nitrogens is 2. The van der Waals surface area contributed by atoms with E-state index >= 15 is 0 Å². The van der Waals surface area contributed by atoms with Crippen LogP contribution in [0.2, 0.25) is 0 Å². The zero-order chi connectivity index (χ0) is 12.8. The van der Waals surface area contributed by atoms with Gasteiger partial charge < -0.3 is 10.1 Å². The van der Waals surface area contributed by atoms with E-state index in [4.69, 9.17) is 4.74 Å². The molecule has 1 N–H and O–H groups in total. The Morgan fingerprint density at radius 1 is 1.33 bits per heavy atom. The van der Waals surface area contributed by atoms with Gasteiger partial charge in [0.2, 0.25) is 0 Å². The van der Waals surface area contributed by atoms with Crippen LogP contribution in [0, 0.1) is 6.92 Å². The summed E-state index contributed by atoms with van der Waals surface area (Å²) < 4.78 is 7.26. The molecule has 96 valence electrons. The lowest BCUT2D eigenvalue weighted by Gasteiger charge is -2.09. The van der Waals surface area contributed by atoms with Gasteiger partial charge in [0.1, 0.15) is 5.75 Å². The Bertz CT molecular complexity index is 493. The molecule has 0 saturated heterocycles. The fraction of sp³-hybridized carbons (Fsp3) is 0.357. The van der Waals surface area contributed by atoms with Crippen LogP contribution in [0.1, 0.15) is 11.1 Å². The minimum atomic E-state index is 0.810. The summed E-state index contributed by atoms with van der Waals surface area (Å²) in [7, 11) is 1.70. The third kappa shape index (κ3) is 3.34. The van der Waals surface area contributed by atoms with Gasteiger partial charge in [0.05, 0.1) is 19.9 Å². The molecule has 0 radical (unpaired) electrons. The molecule has 1 heterocycles. The number of aryl methyl sites for hydroxylation is 1. The van der Waals surface area contributed by atoms with Gasteiger partial charge in [-0.15, -0.1) is 0 Å². The van der Waals surface area contributed by atoms with Gasteiger partial charge in [0, 0.05) is 24.8 Å². The summed E-state index contributed by atoms with van der Waals surface area (Å²) in [6.07, 6.45) is 3.92. The van der Waals surface area contributed by atoms with Crippen molar-refractivity contribution in [3.63, 3.8) is 0 Å². The van der Waals surface area contributed by atoms with Gasteiger partial charge in [-0.3, -0.25) is 4.68 Å². The highest BCUT2D eigenvalue weighted by atomic mass is 16.5. The predicted octanol–water partition coefficient (Wildman–Crippen LogP) is 1.99. The molecule has 0 atom stereocenters. The first-order valence-electron chi connectivity index (χ1n) is 6.11. The molecular weight excluding hydrogens is 226 g/mol. The second-order valence-corrected chi connectivity index (χ2v) is 4.27. The van der Waals surface area contributed by atoms with E-state index in [1.807, 2.05) is 42.2 Å². The first-order valence-corrected chi connectivity index (χ1v) is 6.11. The number of nitrogens with one attached hydrogen (secondary N) is 1. The van der Waals surface area contributed by atoms with Gasteiger partial charge in [0.25, 0.3) is 0 Å². The molecule has 1 aromatic heterocycles. The predicted molar refractivity (Wildman–Crippen MR) is 71.7 cm³/mol. The van der Waals surface area contributed by atoms with Crippen molar-refractivity contribution in [1.82, 2.24) is 15.1 Å². The van der Waals surface area contributed by atoms with E-state index in [9.17, 15) is 0 Å². The summed E-state index contributed by atoms with van der Waals surface area (Å²) in [5, 5.41) is 7.64. The van der Waals surface area contributed by atoms with E-state index in [1.54, 1.807) is 7.11 Å². The van der Waals surface area contributed by atoms with Gasteiger partial charge in [-0.25, -0.2) is 0 Å². The zero-order valence-corrected chi connectivity index (χ0v) is 10.9. The Labute approximate surface area is 108 Å². The SMILES string of the molecule is COc1ccccc1CNCCn1cc(C)cn1. The number of methoxy groups -OCH3 is 1. The summed E-state index contributed by atoms with van der Waals surface area (Å²) in [5.41, 5.74) is 2.37. The minimum absolute atomic E-state index is 0.810. The summed E-state index contributed by atoms with van der Waals surface area (Å²) >= 11 is 0. The zero-order valence-electron chi connectivity index (χ0n) is 10.9. The first-order chi connectivity index (χ1) is 8.79. The first kappa shape index (κ1) is 12.6. The fourth-order valence-corrected chi connectivity index (χ4v) is 1.85. The van der Waals surface area contributed by atoms with Crippen molar-refractivity contribution in [3.05, 3.63) is 47.8 Å². The second-order valence-electron chi connectivity index (χ2n) is 4.27. The summed E-state index contributed by atoms with van der Waals surface area (Å²) in [6, 6.07) is 8.06. The fourth-order valence-electron chi connectivity index (χ4n) is 1.85. The van der Waals surface area contributed by atoms with Gasteiger partial charge >= 0.3 is 0 Å². The van der Waals surface area contributed by atoms with E-state index in [-0.39, 0.29) is 0 Å². The number of hydrogen-bond acceptors (Lipinski definition) is 3. The number of nitrogens with zero attached hydrogens (tertiary/aromatic N) is 2. The average molecular weight is 245 g/mol. The minimum Gasteiger partial charge on any atom is -0.496 e. The van der Waals surface area contributed by atoms with Crippen molar-refractivity contribution >= 4 is 0 Å². The molecule has 0 amide bonds. The van der Waals surface area contributed by atoms with Gasteiger partial charge in [-0.05, 0) is 18.6 Å². The van der Waals surface area contributed by atoms with E-state index in [0.29, 0.717) is 0 Å². The van der Waals surface area contributed by atoms with Crippen LogP contribution in [0.5, 0.6) is 5.75 Å². The van der Waals surface area contributed by atoms with Gasteiger partial charge in [-0.2, -0.15) is 5.10 Å². The maximum atomic E-state index is 5.31. The highest BCUT2D eigenvalue weighted by Crippen LogP contribution is 2.16. The van der Waals surface area contributed by atoms with Crippen molar-refractivity contribution in [2.75, 3.05) is 13.7 Å². The Balaban J connectivity index is 1.78. The highest BCUT2D eigenvalue weighted by Gasteiger charge is 2.00. The molecular formula is C14H19N3O. The lowest BCUT2D eigenvalue weighted by molar-refractivity contribution is 0.407. The Hall–Kier alpha value is -1.81. The molecule has 0 saturated carbocycles. The van der Waals surface area contributed by atoms with Crippen LogP contribution in [0.4, 0.5) is 0 Å². The van der Waals surface area contributed by atoms with Gasteiger partial charge in [0.15, 0.2) is 0 Å². The molecule has 2 rings (SSSR count). The number of para-hydroxylation sites is 1. The molecule has 18 heavy (non-hydrogen) atoms. The van der Waals surface area contributed by atoms with Crippen LogP contribution in [0.15, 0.2) is 36.7 Å². The number of ether oxygens (including phenoxy) is 1. The van der Waals surface area contributed by atoms with E-state index in [2.05, 4.69) is 16.5 Å². The van der Waals surface area contributed by atoms with Crippen LogP contribution < -0.4 is 10.1 Å². The normalized spacial score (nSPS) is 10.6. The third-order valence-electron chi connectivity index (χ3n) is 2.79. The van der Waals surface area contributed by atoms with Crippen LogP contribution in [-0.4, -0.2) is 23.4 Å². The average Bonchev–Trinajstić information content (AvgIpc) is 2.81. The summed E-state index contributed by atoms with van der Waals surface area (Å²) in [6.45, 7) is 4.62. The third-order valence-corrected chi connectivity index (χ3v) is 2.79. The van der Waals surface area contributed by atoms with Crippen LogP contribution in [0.3, 0.4) is 0 Å². The monoisotopic (exact) mass is 245 g/mol. The summed E-state index contributed by atoms with van der Waals surface area (Å²) in [4.78, 5) is 0. The maximum Gasteiger partial charge on any atom is 0.123 e. The largest absolute Gasteiger partial charge is 0.496 e. The Morgan fingerprint density at radius 2 is 2.17 bits per heavy atom. The molecule has 1 aromatic carbocycles. The van der Waals surface area contributed by atoms with Crippen molar-refractivity contribution in [2.24, 2.45) is 0 Å². The summed E-state index contributed by atoms with van der Waals surface area (Å²) in [5.74, 6) is 0.930. The number of rotatable bonds is 6. The molecule has 0 aliphatic rings. The highest BCUT2D eigenvalue weighted by molar-refractivity contribution is 5.32. The standard InChI is InChI=1S/C14H19N3O/c1-12-9-16-17(11-12)8-7-15-10-13-5-3-4-6-14(13)18-2/h3-6,9,11,15H,7-8,10H2,1-2H3. The molecule has 0 unspecified atom stereocenters. The molecule has 0 aliphatic carbocycles. The van der Waals surface area contributed by atoms with Crippen LogP contribution in [-0.2, 0) is 13.1 Å². The Kier molecular flexibility index (Phi) is 4.36.